The molecule has 0 atom stereocenters. The average molecular weight is 434 g/mol. The average Bonchev–Trinajstić information content (AvgIpc) is 2.68. The van der Waals surface area contributed by atoms with Gasteiger partial charge in [0.25, 0.3) is 11.8 Å². The second-order valence-corrected chi connectivity index (χ2v) is 7.13. The highest BCUT2D eigenvalue weighted by Crippen LogP contribution is 2.36. The summed E-state index contributed by atoms with van der Waals surface area (Å²) in [5, 5.41) is 2.91. The third-order valence-corrected chi connectivity index (χ3v) is 4.59. The highest BCUT2D eigenvalue weighted by Gasteiger charge is 2.20. The van der Waals surface area contributed by atoms with E-state index in [1.165, 1.54) is 31.2 Å². The van der Waals surface area contributed by atoms with Gasteiger partial charge in [-0.1, -0.05) is 29.8 Å². The standard InChI is InChI=1S/C21H24ClN3O5/c1-12-6-5-7-13(2)19(12)24-18(27)10-25(3)21(28)14-8-15(22)20(16(9-14)29-4)30-11-17(23)26/h5-9H,10-11H2,1-4H3,(H2,23,26)(H,24,27). The Bertz CT molecular complexity index is 957. The number of carbonyl (C=O) groups excluding carboxylic acids is 3. The summed E-state index contributed by atoms with van der Waals surface area (Å²) in [7, 11) is 2.88. The number of aryl methyl sites for hydroxylation is 2. The third-order valence-electron chi connectivity index (χ3n) is 4.31. The largest absolute Gasteiger partial charge is 0.493 e. The number of nitrogens with zero attached hydrogens (tertiary/aromatic N) is 1. The highest BCUT2D eigenvalue weighted by molar-refractivity contribution is 6.32. The Kier molecular flexibility index (Phi) is 7.66. The number of nitrogens with two attached hydrogens (primary N) is 1. The van der Waals surface area contributed by atoms with Crippen LogP contribution >= 0.6 is 11.6 Å². The zero-order valence-electron chi connectivity index (χ0n) is 17.2. The van der Waals surface area contributed by atoms with E-state index in [1.807, 2.05) is 32.0 Å². The van der Waals surface area contributed by atoms with Gasteiger partial charge in [0.05, 0.1) is 18.7 Å². The molecule has 9 heteroatoms. The molecule has 0 fully saturated rings. The number of nitrogens with one attached hydrogen (secondary N) is 1. The number of rotatable bonds is 8. The molecule has 160 valence electrons. The van der Waals surface area contributed by atoms with Crippen LogP contribution in [0.25, 0.3) is 0 Å². The third kappa shape index (κ3) is 5.64. The van der Waals surface area contributed by atoms with Crippen molar-refractivity contribution in [1.82, 2.24) is 4.90 Å². The number of carbonyl (C=O) groups is 3. The maximum absolute atomic E-state index is 12.8. The number of methoxy groups -OCH3 is 1. The molecule has 8 nitrogen and oxygen atoms in total. The molecule has 0 aliphatic carbocycles. The summed E-state index contributed by atoms with van der Waals surface area (Å²) in [6.07, 6.45) is 0. The summed E-state index contributed by atoms with van der Waals surface area (Å²) in [6, 6.07) is 8.50. The number of primary amides is 1. The summed E-state index contributed by atoms with van der Waals surface area (Å²) in [4.78, 5) is 37.4. The van der Waals surface area contributed by atoms with Gasteiger partial charge in [-0.3, -0.25) is 14.4 Å². The molecule has 2 aromatic carbocycles. The van der Waals surface area contributed by atoms with E-state index >= 15 is 0 Å². The van der Waals surface area contributed by atoms with Gasteiger partial charge < -0.3 is 25.4 Å². The van der Waals surface area contributed by atoms with E-state index in [0.717, 1.165) is 16.8 Å². The van der Waals surface area contributed by atoms with Gasteiger partial charge in [-0.15, -0.1) is 0 Å². The molecule has 30 heavy (non-hydrogen) atoms. The van der Waals surface area contributed by atoms with Crippen LogP contribution in [0.15, 0.2) is 30.3 Å². The fourth-order valence-electron chi connectivity index (χ4n) is 2.82. The predicted octanol–water partition coefficient (Wildman–Crippen LogP) is 2.54. The Labute approximate surface area is 179 Å². The van der Waals surface area contributed by atoms with Gasteiger partial charge in [-0.25, -0.2) is 0 Å². The molecular weight excluding hydrogens is 410 g/mol. The van der Waals surface area contributed by atoms with Crippen molar-refractivity contribution in [3.05, 3.63) is 52.0 Å². The van der Waals surface area contributed by atoms with Gasteiger partial charge in [-0.05, 0) is 37.1 Å². The van der Waals surface area contributed by atoms with Crippen molar-refractivity contribution in [3.8, 4) is 11.5 Å². The number of ether oxygens (including phenoxy) is 2. The molecular formula is C21H24ClN3O5. The minimum atomic E-state index is -0.678. The van der Waals surface area contributed by atoms with Crippen molar-refractivity contribution < 1.29 is 23.9 Å². The van der Waals surface area contributed by atoms with Crippen molar-refractivity contribution >= 4 is 35.0 Å². The van der Waals surface area contributed by atoms with E-state index in [1.54, 1.807) is 0 Å². The molecule has 0 heterocycles. The van der Waals surface area contributed by atoms with Crippen LogP contribution in [0.5, 0.6) is 11.5 Å². The van der Waals surface area contributed by atoms with E-state index in [-0.39, 0.29) is 41.1 Å². The smallest absolute Gasteiger partial charge is 0.255 e. The minimum Gasteiger partial charge on any atom is -0.493 e. The summed E-state index contributed by atoms with van der Waals surface area (Å²) in [6.45, 7) is 3.25. The molecule has 2 rings (SSSR count). The van der Waals surface area contributed by atoms with Crippen molar-refractivity contribution in [1.29, 1.82) is 0 Å². The number of amides is 3. The number of hydrogen-bond donors (Lipinski definition) is 2. The molecule has 0 aliphatic rings. The van der Waals surface area contributed by atoms with Gasteiger partial charge in [0.15, 0.2) is 18.1 Å². The predicted molar refractivity (Wildman–Crippen MR) is 114 cm³/mol. The van der Waals surface area contributed by atoms with E-state index in [4.69, 9.17) is 26.8 Å². The maximum Gasteiger partial charge on any atom is 0.255 e. The molecule has 0 spiro atoms. The quantitative estimate of drug-likeness (QED) is 0.664. The fraction of sp³-hybridized carbons (Fsp3) is 0.286. The lowest BCUT2D eigenvalue weighted by Crippen LogP contribution is -2.35. The van der Waals surface area contributed by atoms with Crippen LogP contribution in [-0.4, -0.2) is 49.9 Å². The Morgan fingerprint density at radius 2 is 1.80 bits per heavy atom. The highest BCUT2D eigenvalue weighted by atomic mass is 35.5. The van der Waals surface area contributed by atoms with Crippen LogP contribution in [0.4, 0.5) is 5.69 Å². The van der Waals surface area contributed by atoms with E-state index in [2.05, 4.69) is 5.32 Å². The van der Waals surface area contributed by atoms with E-state index in [0.29, 0.717) is 0 Å². The van der Waals surface area contributed by atoms with Crippen LogP contribution in [0.2, 0.25) is 5.02 Å². The lowest BCUT2D eigenvalue weighted by atomic mass is 10.1. The second-order valence-electron chi connectivity index (χ2n) is 6.72. The molecule has 0 bridgehead atoms. The zero-order valence-corrected chi connectivity index (χ0v) is 18.0. The Morgan fingerprint density at radius 1 is 1.17 bits per heavy atom. The molecule has 3 N–H and O–H groups in total. The van der Waals surface area contributed by atoms with Crippen LogP contribution < -0.4 is 20.5 Å². The zero-order chi connectivity index (χ0) is 22.4. The lowest BCUT2D eigenvalue weighted by molar-refractivity contribution is -0.120. The van der Waals surface area contributed by atoms with Gasteiger partial charge in [-0.2, -0.15) is 0 Å². The first kappa shape index (κ1) is 23.0. The molecule has 2 aromatic rings. The SMILES string of the molecule is COc1cc(C(=O)N(C)CC(=O)Nc2c(C)cccc2C)cc(Cl)c1OCC(N)=O. The number of likely N-dealkylation sites (N-methyl/N-ethyl adjacent to an activating group) is 1. The minimum absolute atomic E-state index is 0.0762. The summed E-state index contributed by atoms with van der Waals surface area (Å²) >= 11 is 6.19. The molecule has 0 saturated carbocycles. The Hall–Kier alpha value is -3.26. The molecule has 0 saturated heterocycles. The topological polar surface area (TPSA) is 111 Å². The van der Waals surface area contributed by atoms with Crippen LogP contribution in [0, 0.1) is 13.8 Å². The van der Waals surface area contributed by atoms with Crippen molar-refractivity contribution in [2.24, 2.45) is 5.73 Å². The van der Waals surface area contributed by atoms with Crippen LogP contribution in [0.1, 0.15) is 21.5 Å². The number of anilines is 1. The van der Waals surface area contributed by atoms with Crippen molar-refractivity contribution in [2.75, 3.05) is 32.6 Å². The van der Waals surface area contributed by atoms with Gasteiger partial charge in [0, 0.05) is 18.3 Å². The van der Waals surface area contributed by atoms with E-state index in [9.17, 15) is 14.4 Å². The first-order valence-corrected chi connectivity index (χ1v) is 9.42. The summed E-state index contributed by atoms with van der Waals surface area (Å²) in [5.41, 5.74) is 7.86. The number of benzene rings is 2. The summed E-state index contributed by atoms with van der Waals surface area (Å²) in [5.74, 6) is -1.18. The molecule has 0 radical (unpaired) electrons. The molecule has 3 amide bonds. The van der Waals surface area contributed by atoms with E-state index < -0.39 is 11.8 Å². The molecule has 0 aromatic heterocycles. The normalized spacial score (nSPS) is 10.3. The molecule has 0 unspecified atom stereocenters. The first-order chi connectivity index (χ1) is 14.1. The van der Waals surface area contributed by atoms with Crippen molar-refractivity contribution in [2.45, 2.75) is 13.8 Å². The first-order valence-electron chi connectivity index (χ1n) is 9.04. The number of halogens is 1. The Morgan fingerprint density at radius 3 is 2.37 bits per heavy atom. The Balaban J connectivity index is 2.14. The summed E-state index contributed by atoms with van der Waals surface area (Å²) < 4.78 is 10.5. The molecule has 0 aliphatic heterocycles. The van der Waals surface area contributed by atoms with Crippen LogP contribution in [0.3, 0.4) is 0 Å². The fourth-order valence-corrected chi connectivity index (χ4v) is 3.09. The van der Waals surface area contributed by atoms with Crippen molar-refractivity contribution in [3.63, 3.8) is 0 Å². The number of hydrogen-bond acceptors (Lipinski definition) is 5. The van der Waals surface area contributed by atoms with Crippen LogP contribution in [-0.2, 0) is 9.59 Å². The van der Waals surface area contributed by atoms with Gasteiger partial charge >= 0.3 is 0 Å². The number of para-hydroxylation sites is 1. The lowest BCUT2D eigenvalue weighted by Gasteiger charge is -2.19. The van der Waals surface area contributed by atoms with Gasteiger partial charge in [0.2, 0.25) is 5.91 Å². The maximum atomic E-state index is 12.8. The second kappa shape index (κ2) is 9.98. The monoisotopic (exact) mass is 433 g/mol. The van der Waals surface area contributed by atoms with Gasteiger partial charge in [0.1, 0.15) is 0 Å².